The number of carbonyl (C=O) groups excluding carboxylic acids is 1. The van der Waals surface area contributed by atoms with E-state index in [1.54, 1.807) is 25.1 Å². The number of nitrogens with one attached hydrogen (secondary N) is 1. The van der Waals surface area contributed by atoms with E-state index in [4.69, 9.17) is 22.9 Å². The lowest BCUT2D eigenvalue weighted by atomic mass is 9.49. The molecule has 0 radical (unpaired) electrons. The van der Waals surface area contributed by atoms with Crippen molar-refractivity contribution in [3.63, 3.8) is 0 Å². The Balaban J connectivity index is 1.76. The second-order valence-corrected chi connectivity index (χ2v) is 8.70. The summed E-state index contributed by atoms with van der Waals surface area (Å²) in [6.07, 6.45) is 2.92. The molecule has 6 nitrogen and oxygen atoms in total. The van der Waals surface area contributed by atoms with Crippen molar-refractivity contribution in [3.05, 3.63) is 58.4 Å². The highest BCUT2D eigenvalue weighted by Gasteiger charge is 2.64. The average Bonchev–Trinajstić information content (AvgIpc) is 2.64. The van der Waals surface area contributed by atoms with E-state index in [-0.39, 0.29) is 28.9 Å². The summed E-state index contributed by atoms with van der Waals surface area (Å²) in [5.41, 5.74) is 0.209. The molecule has 1 heterocycles. The zero-order chi connectivity index (χ0) is 20.7. The number of amides is 1. The fourth-order valence-corrected chi connectivity index (χ4v) is 4.52. The SMILES string of the molecule is [C-]#[N+]c1ccc(OC2C(C)(C)C(NC(=O)c3cnc(C)nc3)C2(C)C)cc1Cl. The van der Waals surface area contributed by atoms with Crippen LogP contribution in [-0.4, -0.2) is 28.0 Å². The van der Waals surface area contributed by atoms with Gasteiger partial charge in [0.05, 0.1) is 17.2 Å². The average molecular weight is 399 g/mol. The van der Waals surface area contributed by atoms with Crippen LogP contribution in [-0.2, 0) is 0 Å². The molecule has 0 atom stereocenters. The van der Waals surface area contributed by atoms with Gasteiger partial charge in [-0.1, -0.05) is 45.4 Å². The molecule has 7 heteroatoms. The second kappa shape index (κ2) is 7.06. The maximum absolute atomic E-state index is 12.6. The van der Waals surface area contributed by atoms with E-state index < -0.39 is 0 Å². The molecule has 3 rings (SSSR count). The van der Waals surface area contributed by atoms with Crippen LogP contribution in [0.1, 0.15) is 43.9 Å². The molecule has 1 aromatic heterocycles. The lowest BCUT2D eigenvalue weighted by molar-refractivity contribution is -0.164. The number of hydrogen-bond acceptors (Lipinski definition) is 4. The molecule has 1 aromatic carbocycles. The number of aryl methyl sites for hydroxylation is 1. The molecule has 0 spiro atoms. The molecule has 1 fully saturated rings. The molecule has 2 aromatic rings. The Hall–Kier alpha value is -2.65. The van der Waals surface area contributed by atoms with Crippen LogP contribution in [0, 0.1) is 24.3 Å². The van der Waals surface area contributed by atoms with Crippen molar-refractivity contribution >= 4 is 23.2 Å². The Labute approximate surface area is 170 Å². The molecule has 1 saturated carbocycles. The number of aromatic nitrogens is 2. The summed E-state index contributed by atoms with van der Waals surface area (Å²) >= 11 is 6.13. The van der Waals surface area contributed by atoms with Gasteiger partial charge in [0.15, 0.2) is 0 Å². The zero-order valence-electron chi connectivity index (χ0n) is 16.6. The van der Waals surface area contributed by atoms with Gasteiger partial charge in [-0.15, -0.1) is 0 Å². The standard InChI is InChI=1S/C21H23ClN4O2/c1-12-24-10-13(11-25-12)17(27)26-18-20(2,3)19(21(18,4)5)28-14-7-8-16(23-6)15(22)9-14/h7-11,18-19H,1-5H3,(H,26,27). The Morgan fingerprint density at radius 1 is 1.21 bits per heavy atom. The molecule has 146 valence electrons. The fourth-order valence-electron chi connectivity index (χ4n) is 4.31. The van der Waals surface area contributed by atoms with Gasteiger partial charge < -0.3 is 10.1 Å². The number of carbonyl (C=O) groups is 1. The summed E-state index contributed by atoms with van der Waals surface area (Å²) in [4.78, 5) is 24.2. The number of rotatable bonds is 4. The minimum Gasteiger partial charge on any atom is -0.489 e. The van der Waals surface area contributed by atoms with Gasteiger partial charge in [0.25, 0.3) is 5.91 Å². The maximum Gasteiger partial charge on any atom is 0.254 e. The van der Waals surface area contributed by atoms with Gasteiger partial charge in [-0.2, -0.15) is 0 Å². The molecule has 1 N–H and O–H groups in total. The highest BCUT2D eigenvalue weighted by atomic mass is 35.5. The Kier molecular flexibility index (Phi) is 5.07. The highest BCUT2D eigenvalue weighted by molar-refractivity contribution is 6.33. The van der Waals surface area contributed by atoms with Gasteiger partial charge >= 0.3 is 0 Å². The van der Waals surface area contributed by atoms with Crippen LogP contribution in [0.3, 0.4) is 0 Å². The summed E-state index contributed by atoms with van der Waals surface area (Å²) < 4.78 is 6.23. The first kappa shape index (κ1) is 20.1. The van der Waals surface area contributed by atoms with E-state index in [1.807, 2.05) is 0 Å². The van der Waals surface area contributed by atoms with E-state index in [2.05, 4.69) is 47.8 Å². The molecular weight excluding hydrogens is 376 g/mol. The van der Waals surface area contributed by atoms with E-state index in [0.717, 1.165) is 0 Å². The first-order valence-corrected chi connectivity index (χ1v) is 9.38. The van der Waals surface area contributed by atoms with Gasteiger partial charge in [0, 0.05) is 29.3 Å². The number of halogens is 1. The zero-order valence-corrected chi connectivity index (χ0v) is 17.3. The third-order valence-electron chi connectivity index (χ3n) is 5.45. The summed E-state index contributed by atoms with van der Waals surface area (Å²) in [6, 6.07) is 4.97. The molecule has 1 aliphatic rings. The molecule has 0 unspecified atom stereocenters. The van der Waals surface area contributed by atoms with E-state index >= 15 is 0 Å². The predicted molar refractivity (Wildman–Crippen MR) is 108 cm³/mol. The molecular formula is C21H23ClN4O2. The van der Waals surface area contributed by atoms with Gasteiger partial charge in [-0.3, -0.25) is 4.79 Å². The van der Waals surface area contributed by atoms with E-state index in [1.165, 1.54) is 12.4 Å². The molecule has 0 bridgehead atoms. The van der Waals surface area contributed by atoms with Crippen molar-refractivity contribution < 1.29 is 9.53 Å². The second-order valence-electron chi connectivity index (χ2n) is 8.29. The molecule has 28 heavy (non-hydrogen) atoms. The largest absolute Gasteiger partial charge is 0.489 e. The topological polar surface area (TPSA) is 68.5 Å². The summed E-state index contributed by atoms with van der Waals surface area (Å²) in [5, 5.41) is 3.48. The Morgan fingerprint density at radius 3 is 2.36 bits per heavy atom. The first-order valence-electron chi connectivity index (χ1n) is 9.00. The van der Waals surface area contributed by atoms with Crippen LogP contribution in [0.15, 0.2) is 30.6 Å². The quantitative estimate of drug-likeness (QED) is 0.764. The van der Waals surface area contributed by atoms with Crippen LogP contribution in [0.4, 0.5) is 5.69 Å². The molecule has 0 aliphatic heterocycles. The fraction of sp³-hybridized carbons (Fsp3) is 0.429. The van der Waals surface area contributed by atoms with E-state index in [0.29, 0.717) is 27.8 Å². The summed E-state index contributed by atoms with van der Waals surface area (Å²) in [5.74, 6) is 1.03. The molecule has 0 saturated heterocycles. The van der Waals surface area contributed by atoms with Crippen LogP contribution < -0.4 is 10.1 Å². The lowest BCUT2D eigenvalue weighted by Gasteiger charge is -2.63. The van der Waals surface area contributed by atoms with Crippen LogP contribution in [0.5, 0.6) is 5.75 Å². The van der Waals surface area contributed by atoms with Crippen LogP contribution in [0.25, 0.3) is 4.85 Å². The van der Waals surface area contributed by atoms with Crippen molar-refractivity contribution in [3.8, 4) is 5.75 Å². The number of benzene rings is 1. The monoisotopic (exact) mass is 398 g/mol. The first-order chi connectivity index (χ1) is 13.1. The van der Waals surface area contributed by atoms with Crippen molar-refractivity contribution in [2.75, 3.05) is 0 Å². The smallest absolute Gasteiger partial charge is 0.254 e. The van der Waals surface area contributed by atoms with Gasteiger partial charge in [0.2, 0.25) is 5.69 Å². The third-order valence-corrected chi connectivity index (χ3v) is 5.75. The van der Waals surface area contributed by atoms with Gasteiger partial charge in [-0.25, -0.2) is 14.8 Å². The number of nitrogens with zero attached hydrogens (tertiary/aromatic N) is 3. The molecule has 1 aliphatic carbocycles. The maximum atomic E-state index is 12.6. The van der Waals surface area contributed by atoms with Gasteiger partial charge in [0.1, 0.15) is 17.7 Å². The van der Waals surface area contributed by atoms with Crippen LogP contribution in [0.2, 0.25) is 5.02 Å². The lowest BCUT2D eigenvalue weighted by Crippen LogP contribution is -2.74. The minimum absolute atomic E-state index is 0.100. The highest BCUT2D eigenvalue weighted by Crippen LogP contribution is 2.55. The molecule has 1 amide bonds. The normalized spacial score (nSPS) is 21.9. The summed E-state index contributed by atoms with van der Waals surface area (Å²) in [6.45, 7) is 17.1. The van der Waals surface area contributed by atoms with Crippen molar-refractivity contribution in [1.29, 1.82) is 0 Å². The van der Waals surface area contributed by atoms with Gasteiger partial charge in [-0.05, 0) is 19.1 Å². The third kappa shape index (κ3) is 3.43. The number of ether oxygens (including phenoxy) is 1. The van der Waals surface area contributed by atoms with Crippen molar-refractivity contribution in [1.82, 2.24) is 15.3 Å². The van der Waals surface area contributed by atoms with Crippen molar-refractivity contribution in [2.24, 2.45) is 10.8 Å². The summed E-state index contributed by atoms with van der Waals surface area (Å²) in [7, 11) is 0. The minimum atomic E-state index is -0.310. The number of hydrogen-bond donors (Lipinski definition) is 1. The Bertz CT molecular complexity index is 932. The van der Waals surface area contributed by atoms with Crippen molar-refractivity contribution in [2.45, 2.75) is 46.8 Å². The predicted octanol–water partition coefficient (Wildman–Crippen LogP) is 4.60. The van der Waals surface area contributed by atoms with E-state index in [9.17, 15) is 4.79 Å². The Morgan fingerprint density at radius 2 is 1.82 bits per heavy atom. The van der Waals surface area contributed by atoms with Crippen LogP contribution >= 0.6 is 11.6 Å².